The summed E-state index contributed by atoms with van der Waals surface area (Å²) < 4.78 is 37.1. The Morgan fingerprint density at radius 3 is 2.80 bits per heavy atom. The number of hydrogen-bond acceptors (Lipinski definition) is 5. The predicted octanol–water partition coefficient (Wildman–Crippen LogP) is 1.54. The third-order valence-corrected chi connectivity index (χ3v) is 5.55. The Morgan fingerprint density at radius 2 is 2.12 bits per heavy atom. The van der Waals surface area contributed by atoms with Gasteiger partial charge in [0.1, 0.15) is 5.75 Å². The second-order valence-corrected chi connectivity index (χ2v) is 8.25. The highest BCUT2D eigenvalue weighted by atomic mass is 32.2. The third kappa shape index (κ3) is 5.09. The van der Waals surface area contributed by atoms with E-state index in [0.29, 0.717) is 31.0 Å². The lowest BCUT2D eigenvalue weighted by Gasteiger charge is -2.34. The Balaban J connectivity index is 2.02. The third-order valence-electron chi connectivity index (χ3n) is 3.80. The van der Waals surface area contributed by atoms with E-state index in [2.05, 4.69) is 5.32 Å². The number of carbonyl (C=O) groups excluding carboxylic acids is 1. The molecule has 0 spiro atoms. The molecule has 7 nitrogen and oxygen atoms in total. The molecule has 1 aliphatic heterocycles. The molecule has 1 amide bonds. The van der Waals surface area contributed by atoms with E-state index in [1.54, 1.807) is 31.2 Å². The summed E-state index contributed by atoms with van der Waals surface area (Å²) in [5.41, 5.74) is 0.471. The Hall–Kier alpha value is -1.80. The highest BCUT2D eigenvalue weighted by molar-refractivity contribution is 7.92. The van der Waals surface area contributed by atoms with E-state index in [1.807, 2.05) is 13.8 Å². The molecule has 140 valence electrons. The van der Waals surface area contributed by atoms with E-state index in [9.17, 15) is 13.2 Å². The van der Waals surface area contributed by atoms with Crippen LogP contribution in [0.15, 0.2) is 24.3 Å². The van der Waals surface area contributed by atoms with Gasteiger partial charge in [0, 0.05) is 13.2 Å². The molecule has 0 fully saturated rings. The van der Waals surface area contributed by atoms with Crippen LogP contribution in [-0.2, 0) is 19.6 Å². The average molecular weight is 370 g/mol. The lowest BCUT2D eigenvalue weighted by Crippen LogP contribution is -2.51. The van der Waals surface area contributed by atoms with Crippen LogP contribution in [0, 0.1) is 0 Å². The molecule has 1 aromatic carbocycles. The first-order valence-electron chi connectivity index (χ1n) is 8.50. The van der Waals surface area contributed by atoms with Crippen molar-refractivity contribution in [3.8, 4) is 5.75 Å². The first kappa shape index (κ1) is 19.5. The normalized spacial score (nSPS) is 17.1. The van der Waals surface area contributed by atoms with Gasteiger partial charge in [-0.15, -0.1) is 0 Å². The number of benzene rings is 1. The quantitative estimate of drug-likeness (QED) is 0.702. The maximum atomic E-state index is 12.4. The van der Waals surface area contributed by atoms with Crippen LogP contribution in [0.4, 0.5) is 5.69 Å². The number of hydrogen-bond donors (Lipinski definition) is 1. The predicted molar refractivity (Wildman–Crippen MR) is 96.4 cm³/mol. The highest BCUT2D eigenvalue weighted by Gasteiger charge is 2.35. The number of nitrogens with one attached hydrogen (secondary N) is 1. The standard InChI is InChI=1S/C17H26N2O5S/c1-4-25(21,22)19-12-16(24-15-9-6-5-8-14(15)19)17(20)18-10-7-11-23-13(2)3/h5-6,8-9,13,16H,4,7,10-12H2,1-3H3,(H,18,20)/t16-/m0/s1. The topological polar surface area (TPSA) is 84.9 Å². The van der Waals surface area contributed by atoms with Crippen LogP contribution in [0.25, 0.3) is 0 Å². The van der Waals surface area contributed by atoms with Crippen molar-refractivity contribution in [2.75, 3.05) is 29.8 Å². The minimum Gasteiger partial charge on any atom is -0.476 e. The number of para-hydroxylation sites is 2. The smallest absolute Gasteiger partial charge is 0.263 e. The van der Waals surface area contributed by atoms with E-state index in [0.717, 1.165) is 0 Å². The first-order chi connectivity index (χ1) is 11.8. The van der Waals surface area contributed by atoms with Crippen LogP contribution in [0.5, 0.6) is 5.75 Å². The molecule has 0 aliphatic carbocycles. The van der Waals surface area contributed by atoms with Crippen molar-refractivity contribution in [3.05, 3.63) is 24.3 Å². The number of nitrogens with zero attached hydrogens (tertiary/aromatic N) is 1. The van der Waals surface area contributed by atoms with Crippen LogP contribution in [0.1, 0.15) is 27.2 Å². The molecular weight excluding hydrogens is 344 g/mol. The summed E-state index contributed by atoms with van der Waals surface area (Å²) in [6.07, 6.45) is -0.0339. The summed E-state index contributed by atoms with van der Waals surface area (Å²) in [6, 6.07) is 6.85. The fraction of sp³-hybridized carbons (Fsp3) is 0.588. The second-order valence-electron chi connectivity index (χ2n) is 6.07. The minimum absolute atomic E-state index is 0.0263. The summed E-state index contributed by atoms with van der Waals surface area (Å²) >= 11 is 0. The molecule has 0 bridgehead atoms. The van der Waals surface area contributed by atoms with E-state index in [4.69, 9.17) is 9.47 Å². The average Bonchev–Trinajstić information content (AvgIpc) is 2.59. The number of amides is 1. The SMILES string of the molecule is CCS(=O)(=O)N1C[C@@H](C(=O)NCCCOC(C)C)Oc2ccccc21. The van der Waals surface area contributed by atoms with Crippen molar-refractivity contribution < 1.29 is 22.7 Å². The van der Waals surface area contributed by atoms with Crippen molar-refractivity contribution in [2.45, 2.75) is 39.4 Å². The van der Waals surface area contributed by atoms with Crippen LogP contribution < -0.4 is 14.4 Å². The van der Waals surface area contributed by atoms with Crippen LogP contribution in [-0.4, -0.2) is 52.0 Å². The number of anilines is 1. The Labute approximate surface area is 149 Å². The van der Waals surface area contributed by atoms with E-state index in [1.165, 1.54) is 4.31 Å². The number of sulfonamides is 1. The van der Waals surface area contributed by atoms with Crippen molar-refractivity contribution in [1.29, 1.82) is 0 Å². The number of fused-ring (bicyclic) bond motifs is 1. The maximum Gasteiger partial charge on any atom is 0.263 e. The fourth-order valence-electron chi connectivity index (χ4n) is 2.47. The Kier molecular flexibility index (Phi) is 6.66. The molecule has 0 aromatic heterocycles. The van der Waals surface area contributed by atoms with Crippen LogP contribution in [0.3, 0.4) is 0 Å². The summed E-state index contributed by atoms with van der Waals surface area (Å²) in [6.45, 7) is 6.47. The molecule has 8 heteroatoms. The molecule has 1 N–H and O–H groups in total. The summed E-state index contributed by atoms with van der Waals surface area (Å²) in [5, 5.41) is 2.78. The second kappa shape index (κ2) is 8.53. The van der Waals surface area contributed by atoms with E-state index >= 15 is 0 Å². The van der Waals surface area contributed by atoms with Crippen LogP contribution >= 0.6 is 0 Å². The Morgan fingerprint density at radius 1 is 1.40 bits per heavy atom. The van der Waals surface area contributed by atoms with Crippen molar-refractivity contribution in [1.82, 2.24) is 5.32 Å². The zero-order valence-electron chi connectivity index (χ0n) is 14.9. The molecule has 1 aromatic rings. The zero-order valence-corrected chi connectivity index (χ0v) is 15.7. The molecule has 1 aliphatic rings. The Bertz CT molecular complexity index is 690. The van der Waals surface area contributed by atoms with Crippen molar-refractivity contribution in [3.63, 3.8) is 0 Å². The summed E-state index contributed by atoms with van der Waals surface area (Å²) in [7, 11) is -3.49. The number of carbonyl (C=O) groups is 1. The maximum absolute atomic E-state index is 12.4. The van der Waals surface area contributed by atoms with Crippen LogP contribution in [0.2, 0.25) is 0 Å². The van der Waals surface area contributed by atoms with E-state index < -0.39 is 16.1 Å². The number of ether oxygens (including phenoxy) is 2. The molecule has 2 rings (SSSR count). The zero-order chi connectivity index (χ0) is 18.4. The van der Waals surface area contributed by atoms with Crippen molar-refractivity contribution >= 4 is 21.6 Å². The van der Waals surface area contributed by atoms with Gasteiger partial charge in [0.2, 0.25) is 10.0 Å². The molecule has 0 radical (unpaired) electrons. The lowest BCUT2D eigenvalue weighted by molar-refractivity contribution is -0.127. The summed E-state index contributed by atoms with van der Waals surface area (Å²) in [5.74, 6) is 0.0341. The van der Waals surface area contributed by atoms with Gasteiger partial charge in [-0.2, -0.15) is 0 Å². The van der Waals surface area contributed by atoms with Gasteiger partial charge in [-0.05, 0) is 39.3 Å². The molecule has 0 unspecified atom stereocenters. The van der Waals surface area contributed by atoms with Crippen molar-refractivity contribution in [2.24, 2.45) is 0 Å². The van der Waals surface area contributed by atoms with Gasteiger partial charge in [-0.3, -0.25) is 9.10 Å². The van der Waals surface area contributed by atoms with Gasteiger partial charge >= 0.3 is 0 Å². The van der Waals surface area contributed by atoms with Gasteiger partial charge in [0.15, 0.2) is 6.10 Å². The van der Waals surface area contributed by atoms with Gasteiger partial charge in [-0.1, -0.05) is 12.1 Å². The monoisotopic (exact) mass is 370 g/mol. The summed E-state index contributed by atoms with van der Waals surface area (Å²) in [4.78, 5) is 12.4. The highest BCUT2D eigenvalue weighted by Crippen LogP contribution is 2.34. The molecule has 25 heavy (non-hydrogen) atoms. The molecule has 1 heterocycles. The number of rotatable bonds is 8. The molecular formula is C17H26N2O5S. The fourth-order valence-corrected chi connectivity index (χ4v) is 3.60. The minimum atomic E-state index is -3.49. The largest absolute Gasteiger partial charge is 0.476 e. The molecule has 0 saturated heterocycles. The van der Waals surface area contributed by atoms with Gasteiger partial charge in [0.25, 0.3) is 5.91 Å². The van der Waals surface area contributed by atoms with Gasteiger partial charge in [-0.25, -0.2) is 8.42 Å². The molecule has 1 atom stereocenters. The van der Waals surface area contributed by atoms with E-state index in [-0.39, 0.29) is 24.3 Å². The lowest BCUT2D eigenvalue weighted by atomic mass is 10.2. The van der Waals surface area contributed by atoms with Gasteiger partial charge in [0.05, 0.1) is 24.1 Å². The van der Waals surface area contributed by atoms with Gasteiger partial charge < -0.3 is 14.8 Å². The molecule has 0 saturated carbocycles. The first-order valence-corrected chi connectivity index (χ1v) is 10.1.